The monoisotopic (exact) mass is 274 g/mol. The lowest BCUT2D eigenvalue weighted by atomic mass is 9.99. The van der Waals surface area contributed by atoms with E-state index in [2.05, 4.69) is 24.3 Å². The molecule has 19 heavy (non-hydrogen) atoms. The van der Waals surface area contributed by atoms with E-state index in [0.717, 1.165) is 25.0 Å². The second-order valence-corrected chi connectivity index (χ2v) is 6.79. The molecule has 1 aromatic rings. The van der Waals surface area contributed by atoms with Crippen LogP contribution in [0, 0.1) is 11.3 Å². The van der Waals surface area contributed by atoms with Gasteiger partial charge in [0.2, 0.25) is 0 Å². The summed E-state index contributed by atoms with van der Waals surface area (Å²) in [4.78, 5) is 1.39. The van der Waals surface area contributed by atoms with Crippen LogP contribution in [0.25, 0.3) is 0 Å². The van der Waals surface area contributed by atoms with E-state index in [0.29, 0.717) is 0 Å². The molecule has 1 aliphatic carbocycles. The van der Waals surface area contributed by atoms with Gasteiger partial charge in [-0.2, -0.15) is 5.26 Å². The number of unbranched alkanes of at least 4 members (excludes halogenated alkanes) is 1. The zero-order valence-corrected chi connectivity index (χ0v) is 12.4. The molecule has 0 radical (unpaired) electrons. The van der Waals surface area contributed by atoms with E-state index in [1.807, 2.05) is 11.8 Å². The second-order valence-electron chi connectivity index (χ2n) is 5.62. The Labute approximate surface area is 120 Å². The lowest BCUT2D eigenvalue weighted by Gasteiger charge is -2.14. The third-order valence-electron chi connectivity index (χ3n) is 3.68. The molecule has 0 saturated carbocycles. The van der Waals surface area contributed by atoms with Gasteiger partial charge in [-0.05, 0) is 74.5 Å². The first-order chi connectivity index (χ1) is 9.11. The number of aryl methyl sites for hydroxylation is 2. The first-order valence-corrected chi connectivity index (χ1v) is 8.04. The maximum absolute atomic E-state index is 8.84. The van der Waals surface area contributed by atoms with Crippen LogP contribution in [0.3, 0.4) is 0 Å². The topological polar surface area (TPSA) is 49.8 Å². The largest absolute Gasteiger partial charge is 0.314 e. The molecule has 2 N–H and O–H groups in total. The van der Waals surface area contributed by atoms with Crippen LogP contribution in [0.5, 0.6) is 0 Å². The summed E-state index contributed by atoms with van der Waals surface area (Å²) in [5.41, 5.74) is 8.23. The molecule has 1 unspecified atom stereocenters. The summed E-state index contributed by atoms with van der Waals surface area (Å²) in [6.45, 7) is 1.81. The van der Waals surface area contributed by atoms with Crippen molar-refractivity contribution in [1.29, 1.82) is 5.26 Å². The molecule has 0 saturated heterocycles. The molecule has 0 aromatic heterocycles. The van der Waals surface area contributed by atoms with Crippen LogP contribution < -0.4 is 5.73 Å². The normalized spacial score (nSPS) is 16.7. The van der Waals surface area contributed by atoms with Crippen LogP contribution in [0.4, 0.5) is 0 Å². The van der Waals surface area contributed by atoms with Crippen molar-refractivity contribution in [3.05, 3.63) is 29.3 Å². The smallest absolute Gasteiger partial charge is 0.101 e. The zero-order valence-electron chi connectivity index (χ0n) is 11.6. The first kappa shape index (κ1) is 14.4. The van der Waals surface area contributed by atoms with Crippen LogP contribution in [0.1, 0.15) is 43.7 Å². The highest BCUT2D eigenvalue weighted by molar-refractivity contribution is 7.99. The maximum Gasteiger partial charge on any atom is 0.101 e. The van der Waals surface area contributed by atoms with Crippen molar-refractivity contribution in [1.82, 2.24) is 0 Å². The Bertz CT molecular complexity index is 474. The van der Waals surface area contributed by atoms with Crippen LogP contribution in [0.2, 0.25) is 0 Å². The third-order valence-corrected chi connectivity index (χ3v) is 4.76. The van der Waals surface area contributed by atoms with Crippen LogP contribution in [-0.2, 0) is 12.8 Å². The molecule has 1 aliphatic rings. The van der Waals surface area contributed by atoms with E-state index in [9.17, 15) is 0 Å². The summed E-state index contributed by atoms with van der Waals surface area (Å²) in [5, 5.41) is 8.84. The van der Waals surface area contributed by atoms with E-state index in [1.165, 1.54) is 29.7 Å². The molecule has 2 rings (SSSR count). The molecule has 1 aromatic carbocycles. The fourth-order valence-electron chi connectivity index (χ4n) is 2.48. The molecular weight excluding hydrogens is 252 g/mol. The Kier molecular flexibility index (Phi) is 4.90. The molecule has 2 nitrogen and oxygen atoms in total. The van der Waals surface area contributed by atoms with Crippen molar-refractivity contribution in [3.8, 4) is 6.07 Å². The Morgan fingerprint density at radius 2 is 2.11 bits per heavy atom. The summed E-state index contributed by atoms with van der Waals surface area (Å²) >= 11 is 1.92. The summed E-state index contributed by atoms with van der Waals surface area (Å²) in [6, 6.07) is 9.04. The lowest BCUT2D eigenvalue weighted by Crippen LogP contribution is -2.33. The number of hydrogen-bond donors (Lipinski definition) is 1. The maximum atomic E-state index is 8.84. The number of hydrogen-bond acceptors (Lipinski definition) is 3. The standard InChI is InChI=1S/C16H22N2S/c1-16(18,12-17)9-2-3-10-19-15-8-7-13-5-4-6-14(13)11-15/h7-8,11H,2-6,9-10,18H2,1H3. The Morgan fingerprint density at radius 3 is 2.89 bits per heavy atom. The van der Waals surface area contributed by atoms with Gasteiger partial charge in [-0.1, -0.05) is 6.07 Å². The Morgan fingerprint density at radius 1 is 1.32 bits per heavy atom. The highest BCUT2D eigenvalue weighted by atomic mass is 32.2. The Balaban J connectivity index is 1.71. The van der Waals surface area contributed by atoms with Crippen LogP contribution in [-0.4, -0.2) is 11.3 Å². The second kappa shape index (κ2) is 6.45. The molecule has 0 aliphatic heterocycles. The summed E-state index contributed by atoms with van der Waals surface area (Å²) < 4.78 is 0. The fourth-order valence-corrected chi connectivity index (χ4v) is 3.45. The molecule has 0 spiro atoms. The van der Waals surface area contributed by atoms with Crippen LogP contribution >= 0.6 is 11.8 Å². The fraction of sp³-hybridized carbons (Fsp3) is 0.562. The van der Waals surface area contributed by atoms with Crippen molar-refractivity contribution in [2.75, 3.05) is 5.75 Å². The highest BCUT2D eigenvalue weighted by Gasteiger charge is 2.16. The van der Waals surface area contributed by atoms with Gasteiger partial charge in [0, 0.05) is 4.90 Å². The quantitative estimate of drug-likeness (QED) is 0.636. The van der Waals surface area contributed by atoms with Gasteiger partial charge >= 0.3 is 0 Å². The lowest BCUT2D eigenvalue weighted by molar-refractivity contribution is 0.519. The predicted octanol–water partition coefficient (Wildman–Crippen LogP) is 3.68. The van der Waals surface area contributed by atoms with Crippen LogP contribution in [0.15, 0.2) is 23.1 Å². The van der Waals surface area contributed by atoms with Crippen molar-refractivity contribution < 1.29 is 0 Å². The van der Waals surface area contributed by atoms with Gasteiger partial charge in [-0.3, -0.25) is 0 Å². The van der Waals surface area contributed by atoms with E-state index < -0.39 is 5.54 Å². The first-order valence-electron chi connectivity index (χ1n) is 7.05. The third kappa shape index (κ3) is 4.26. The minimum absolute atomic E-state index is 0.655. The van der Waals surface area contributed by atoms with E-state index in [-0.39, 0.29) is 0 Å². The summed E-state index contributed by atoms with van der Waals surface area (Å²) in [6.07, 6.45) is 6.75. The average Bonchev–Trinajstić information content (AvgIpc) is 2.85. The van der Waals surface area contributed by atoms with Gasteiger partial charge < -0.3 is 5.73 Å². The summed E-state index contributed by atoms with van der Waals surface area (Å²) in [5.74, 6) is 1.11. The molecule has 3 heteroatoms. The molecular formula is C16H22N2S. The molecule has 0 bridgehead atoms. The molecule has 102 valence electrons. The number of benzene rings is 1. The molecule has 0 heterocycles. The Hall–Kier alpha value is -0.980. The average molecular weight is 274 g/mol. The van der Waals surface area contributed by atoms with Crippen molar-refractivity contribution >= 4 is 11.8 Å². The van der Waals surface area contributed by atoms with Crippen molar-refractivity contribution in [2.45, 2.75) is 55.9 Å². The number of nitrogens with two attached hydrogens (primary N) is 1. The number of thioether (sulfide) groups is 1. The van der Waals surface area contributed by atoms with Gasteiger partial charge in [0.15, 0.2) is 0 Å². The van der Waals surface area contributed by atoms with Crippen molar-refractivity contribution in [2.24, 2.45) is 5.73 Å². The van der Waals surface area contributed by atoms with Gasteiger partial charge in [-0.15, -0.1) is 11.8 Å². The zero-order chi connectivity index (χ0) is 13.7. The minimum Gasteiger partial charge on any atom is -0.314 e. The molecule has 0 amide bonds. The highest BCUT2D eigenvalue weighted by Crippen LogP contribution is 2.28. The molecule has 1 atom stereocenters. The number of fused-ring (bicyclic) bond motifs is 1. The van der Waals surface area contributed by atoms with Gasteiger partial charge in [-0.25, -0.2) is 0 Å². The van der Waals surface area contributed by atoms with Gasteiger partial charge in [0.1, 0.15) is 5.54 Å². The number of rotatable bonds is 6. The van der Waals surface area contributed by atoms with Gasteiger partial charge in [0.25, 0.3) is 0 Å². The van der Waals surface area contributed by atoms with Crippen molar-refractivity contribution in [3.63, 3.8) is 0 Å². The van der Waals surface area contributed by atoms with E-state index in [1.54, 1.807) is 12.5 Å². The predicted molar refractivity (Wildman–Crippen MR) is 81.2 cm³/mol. The summed E-state index contributed by atoms with van der Waals surface area (Å²) in [7, 11) is 0. The number of nitriles is 1. The van der Waals surface area contributed by atoms with E-state index >= 15 is 0 Å². The van der Waals surface area contributed by atoms with E-state index in [4.69, 9.17) is 11.0 Å². The number of nitrogens with zero attached hydrogens (tertiary/aromatic N) is 1. The SMILES string of the molecule is CC(N)(C#N)CCCCSc1ccc2c(c1)CCC2. The molecule has 0 fully saturated rings. The minimum atomic E-state index is -0.655. The van der Waals surface area contributed by atoms with Gasteiger partial charge in [0.05, 0.1) is 6.07 Å².